The lowest BCUT2D eigenvalue weighted by Crippen LogP contribution is -2.65. The molecule has 41 heavy (non-hydrogen) atoms. The Labute approximate surface area is 239 Å². The monoisotopic (exact) mass is 558 g/mol. The van der Waals surface area contributed by atoms with E-state index in [0.717, 1.165) is 69.7 Å². The van der Waals surface area contributed by atoms with Crippen molar-refractivity contribution in [2.24, 2.45) is 5.41 Å². The standard InChI is InChI=1S/C31H35FN6O3/c1-19(2)38(21-4-5-21)30(39)23-11-20(32)3-6-26(23)41-28-15-34-18-36-29(28)37-16-31(17-37)12-22(13-31)40-27-8-10-35-25-7-9-33-14-24(25)27/h3,6,8,10-11,15,18-19,21-22,33H,4-5,7,9,12-14,16-17H2,1-2H3. The van der Waals surface area contributed by atoms with Gasteiger partial charge >= 0.3 is 0 Å². The molecule has 0 bridgehead atoms. The van der Waals surface area contributed by atoms with Crippen LogP contribution in [0.1, 0.15) is 61.1 Å². The molecule has 0 radical (unpaired) electrons. The van der Waals surface area contributed by atoms with Crippen molar-refractivity contribution < 1.29 is 18.7 Å². The van der Waals surface area contributed by atoms with Gasteiger partial charge in [-0.05, 0) is 63.8 Å². The van der Waals surface area contributed by atoms with E-state index in [4.69, 9.17) is 9.47 Å². The zero-order chi connectivity index (χ0) is 28.1. The molecule has 3 fully saturated rings. The highest BCUT2D eigenvalue weighted by Gasteiger charge is 2.54. The van der Waals surface area contributed by atoms with E-state index in [2.05, 4.69) is 25.2 Å². The molecule has 10 heteroatoms. The number of fused-ring (bicyclic) bond motifs is 1. The van der Waals surface area contributed by atoms with Crippen LogP contribution in [0.3, 0.4) is 0 Å². The van der Waals surface area contributed by atoms with Crippen LogP contribution in [-0.2, 0) is 13.0 Å². The number of nitrogens with one attached hydrogen (secondary N) is 1. The number of pyridine rings is 1. The number of rotatable bonds is 8. The van der Waals surface area contributed by atoms with Crippen molar-refractivity contribution in [1.29, 1.82) is 0 Å². The molecule has 9 nitrogen and oxygen atoms in total. The number of amides is 1. The highest BCUT2D eigenvalue weighted by molar-refractivity contribution is 5.97. The van der Waals surface area contributed by atoms with Gasteiger partial charge in [-0.25, -0.2) is 14.4 Å². The summed E-state index contributed by atoms with van der Waals surface area (Å²) in [4.78, 5) is 30.7. The van der Waals surface area contributed by atoms with Crippen molar-refractivity contribution in [1.82, 2.24) is 25.2 Å². The molecule has 1 aromatic carbocycles. The fraction of sp³-hybridized carbons (Fsp3) is 0.484. The Morgan fingerprint density at radius 3 is 2.76 bits per heavy atom. The second kappa shape index (κ2) is 10.2. The molecular weight excluding hydrogens is 523 g/mol. The molecule has 4 aliphatic rings. The molecule has 2 saturated carbocycles. The lowest BCUT2D eigenvalue weighted by atomic mass is 9.61. The number of halogens is 1. The highest BCUT2D eigenvalue weighted by Crippen LogP contribution is 2.52. The number of benzene rings is 1. The number of aromatic nitrogens is 3. The fourth-order valence-corrected chi connectivity index (χ4v) is 6.60. The number of carbonyl (C=O) groups excluding carboxylic acids is 1. The topological polar surface area (TPSA) is 92.7 Å². The van der Waals surface area contributed by atoms with Gasteiger partial charge in [0.25, 0.3) is 5.91 Å². The Morgan fingerprint density at radius 1 is 1.15 bits per heavy atom. The Kier molecular flexibility index (Phi) is 6.53. The van der Waals surface area contributed by atoms with E-state index < -0.39 is 5.82 Å². The Balaban J connectivity index is 1.03. The molecule has 1 spiro atoms. The molecule has 7 rings (SSSR count). The molecule has 1 amide bonds. The van der Waals surface area contributed by atoms with Crippen molar-refractivity contribution in [3.05, 3.63) is 65.6 Å². The van der Waals surface area contributed by atoms with Crippen LogP contribution in [0.2, 0.25) is 0 Å². The summed E-state index contributed by atoms with van der Waals surface area (Å²) < 4.78 is 27.0. The number of ether oxygens (including phenoxy) is 2. The number of carbonyl (C=O) groups is 1. The molecule has 214 valence electrons. The van der Waals surface area contributed by atoms with Gasteiger partial charge in [-0.1, -0.05) is 0 Å². The first-order valence-electron chi connectivity index (χ1n) is 14.6. The highest BCUT2D eigenvalue weighted by atomic mass is 19.1. The van der Waals surface area contributed by atoms with E-state index in [1.807, 2.05) is 31.0 Å². The van der Waals surface area contributed by atoms with Crippen molar-refractivity contribution >= 4 is 11.7 Å². The van der Waals surface area contributed by atoms with Crippen LogP contribution < -0.4 is 19.7 Å². The lowest BCUT2D eigenvalue weighted by Gasteiger charge is -2.59. The van der Waals surface area contributed by atoms with Gasteiger partial charge in [-0.15, -0.1) is 0 Å². The summed E-state index contributed by atoms with van der Waals surface area (Å²) in [5, 5.41) is 3.42. The van der Waals surface area contributed by atoms with Crippen molar-refractivity contribution in [2.75, 3.05) is 24.5 Å². The molecule has 3 aromatic rings. The molecular formula is C31H35FN6O3. The van der Waals surface area contributed by atoms with E-state index >= 15 is 0 Å². The minimum atomic E-state index is -0.472. The van der Waals surface area contributed by atoms with Crippen LogP contribution in [0.4, 0.5) is 10.2 Å². The van der Waals surface area contributed by atoms with E-state index in [0.29, 0.717) is 17.3 Å². The maximum atomic E-state index is 14.3. The maximum Gasteiger partial charge on any atom is 0.258 e. The molecule has 2 aliphatic carbocycles. The molecule has 1 N–H and O–H groups in total. The third-order valence-electron chi connectivity index (χ3n) is 8.69. The summed E-state index contributed by atoms with van der Waals surface area (Å²) in [5.41, 5.74) is 2.73. The molecule has 2 aliphatic heterocycles. The zero-order valence-electron chi connectivity index (χ0n) is 23.5. The SMILES string of the molecule is CC(C)N(C(=O)c1cc(F)ccc1Oc1cncnc1N1CC2(CC(Oc3ccnc4c3CNCC4)C2)C1)C1CC1. The summed E-state index contributed by atoms with van der Waals surface area (Å²) in [6.45, 7) is 7.41. The minimum absolute atomic E-state index is 0.00920. The first kappa shape index (κ1) is 26.1. The van der Waals surface area contributed by atoms with Crippen LogP contribution in [0, 0.1) is 11.2 Å². The molecule has 0 unspecified atom stereocenters. The maximum absolute atomic E-state index is 14.3. The van der Waals surface area contributed by atoms with Crippen LogP contribution in [0.25, 0.3) is 0 Å². The first-order valence-corrected chi connectivity index (χ1v) is 14.6. The van der Waals surface area contributed by atoms with Gasteiger partial charge in [0.05, 0.1) is 11.8 Å². The molecule has 2 aromatic heterocycles. The Bertz CT molecular complexity index is 1460. The van der Waals surface area contributed by atoms with Crippen LogP contribution >= 0.6 is 0 Å². The minimum Gasteiger partial charge on any atom is -0.490 e. The predicted octanol–water partition coefficient (Wildman–Crippen LogP) is 4.51. The third-order valence-corrected chi connectivity index (χ3v) is 8.69. The largest absolute Gasteiger partial charge is 0.490 e. The van der Waals surface area contributed by atoms with Crippen LogP contribution in [-0.4, -0.2) is 63.6 Å². The van der Waals surface area contributed by atoms with Crippen molar-refractivity contribution in [3.8, 4) is 17.2 Å². The van der Waals surface area contributed by atoms with E-state index in [-0.39, 0.29) is 35.1 Å². The normalized spacial score (nSPS) is 19.4. The van der Waals surface area contributed by atoms with Crippen LogP contribution in [0.5, 0.6) is 17.2 Å². The van der Waals surface area contributed by atoms with Gasteiger partial charge < -0.3 is 24.6 Å². The van der Waals surface area contributed by atoms with Gasteiger partial charge in [-0.2, -0.15) is 0 Å². The van der Waals surface area contributed by atoms with Crippen molar-refractivity contribution in [3.63, 3.8) is 0 Å². The number of hydrogen-bond donors (Lipinski definition) is 1. The summed E-state index contributed by atoms with van der Waals surface area (Å²) in [7, 11) is 0. The van der Waals surface area contributed by atoms with Crippen molar-refractivity contribution in [2.45, 2.75) is 70.7 Å². The predicted molar refractivity (Wildman–Crippen MR) is 151 cm³/mol. The van der Waals surface area contributed by atoms with Gasteiger partial charge in [0.1, 0.15) is 29.7 Å². The number of anilines is 1. The summed E-state index contributed by atoms with van der Waals surface area (Å²) >= 11 is 0. The second-order valence-electron chi connectivity index (χ2n) is 12.2. The van der Waals surface area contributed by atoms with Crippen LogP contribution in [0.15, 0.2) is 43.0 Å². The van der Waals surface area contributed by atoms with E-state index in [1.165, 1.54) is 30.1 Å². The van der Waals surface area contributed by atoms with Gasteiger partial charge in [0.15, 0.2) is 11.6 Å². The fourth-order valence-electron chi connectivity index (χ4n) is 6.60. The summed E-state index contributed by atoms with van der Waals surface area (Å²) in [5.74, 6) is 1.70. The average molecular weight is 559 g/mol. The van der Waals surface area contributed by atoms with Gasteiger partial charge in [-0.3, -0.25) is 9.78 Å². The second-order valence-corrected chi connectivity index (χ2v) is 12.2. The molecule has 4 heterocycles. The quantitative estimate of drug-likeness (QED) is 0.432. The Morgan fingerprint density at radius 2 is 1.98 bits per heavy atom. The smallest absolute Gasteiger partial charge is 0.258 e. The van der Waals surface area contributed by atoms with Gasteiger partial charge in [0, 0.05) is 67.6 Å². The Hall–Kier alpha value is -3.79. The zero-order valence-corrected chi connectivity index (χ0v) is 23.5. The molecule has 1 saturated heterocycles. The lowest BCUT2D eigenvalue weighted by molar-refractivity contribution is -0.0349. The average Bonchev–Trinajstić information content (AvgIpc) is 3.76. The number of hydrogen-bond acceptors (Lipinski definition) is 8. The van der Waals surface area contributed by atoms with E-state index in [9.17, 15) is 9.18 Å². The van der Waals surface area contributed by atoms with E-state index in [1.54, 1.807) is 6.20 Å². The number of nitrogens with zero attached hydrogens (tertiary/aromatic N) is 5. The first-order chi connectivity index (χ1) is 19.9. The molecule has 0 atom stereocenters. The third kappa shape index (κ3) is 4.98. The summed E-state index contributed by atoms with van der Waals surface area (Å²) in [6.07, 6.45) is 9.99. The summed E-state index contributed by atoms with van der Waals surface area (Å²) in [6, 6.07) is 6.28. The van der Waals surface area contributed by atoms with Gasteiger partial charge in [0.2, 0.25) is 0 Å².